The molecule has 0 atom stereocenters. The minimum Gasteiger partial charge on any atom is -0.493 e. The van der Waals surface area contributed by atoms with Crippen LogP contribution in [0.3, 0.4) is 0 Å². The smallest absolute Gasteiger partial charge is 0.161 e. The minimum absolute atomic E-state index is 0.611. The number of nitrogens with one attached hydrogen (secondary N) is 1. The number of hydrogen-bond donors (Lipinski definition) is 1. The Morgan fingerprint density at radius 1 is 0.912 bits per heavy atom. The van der Waals surface area contributed by atoms with Crippen molar-refractivity contribution in [2.24, 2.45) is 5.10 Å². The Bertz CT molecular complexity index is 1590. The molecular weight excluding hydrogens is 450 g/mol. The lowest BCUT2D eigenvalue weighted by Gasteiger charge is -2.11. The monoisotopic (exact) mass is 471 g/mol. The Hall–Kier alpha value is -4.03. The maximum absolute atomic E-state index is 6.43. The molecule has 170 valence electrons. The van der Waals surface area contributed by atoms with E-state index in [-0.39, 0.29) is 0 Å². The third kappa shape index (κ3) is 4.16. The molecular formula is C27H22ClN3O3. The summed E-state index contributed by atoms with van der Waals surface area (Å²) < 4.78 is 17.1. The summed E-state index contributed by atoms with van der Waals surface area (Å²) in [5, 5.41) is 7.82. The van der Waals surface area contributed by atoms with Gasteiger partial charge in [0.25, 0.3) is 0 Å². The molecule has 0 amide bonds. The number of ether oxygens (including phenoxy) is 2. The van der Waals surface area contributed by atoms with Crippen molar-refractivity contribution in [3.63, 3.8) is 0 Å². The number of rotatable bonds is 5. The van der Waals surface area contributed by atoms with Gasteiger partial charge in [-0.1, -0.05) is 29.8 Å². The molecule has 7 heteroatoms. The van der Waals surface area contributed by atoms with E-state index in [0.29, 0.717) is 39.0 Å². The van der Waals surface area contributed by atoms with Crippen molar-refractivity contribution in [1.29, 1.82) is 0 Å². The first kappa shape index (κ1) is 21.8. The van der Waals surface area contributed by atoms with E-state index in [9.17, 15) is 0 Å². The number of aryl methyl sites for hydroxylation is 1. The molecule has 5 aromatic rings. The zero-order chi connectivity index (χ0) is 23.7. The number of pyridine rings is 1. The third-order valence-corrected chi connectivity index (χ3v) is 5.99. The van der Waals surface area contributed by atoms with Crippen LogP contribution in [-0.4, -0.2) is 19.2 Å². The molecule has 0 unspecified atom stereocenters. The molecule has 0 spiro atoms. The highest BCUT2D eigenvalue weighted by molar-refractivity contribution is 6.32. The van der Waals surface area contributed by atoms with E-state index in [0.717, 1.165) is 27.4 Å². The van der Waals surface area contributed by atoms with Crippen molar-refractivity contribution in [2.45, 2.75) is 6.92 Å². The fourth-order valence-electron chi connectivity index (χ4n) is 3.76. The summed E-state index contributed by atoms with van der Waals surface area (Å²) in [6.45, 7) is 1.94. The average Bonchev–Trinajstić information content (AvgIpc) is 2.87. The van der Waals surface area contributed by atoms with E-state index < -0.39 is 0 Å². The van der Waals surface area contributed by atoms with Gasteiger partial charge in [0.1, 0.15) is 17.2 Å². The SMILES string of the molecule is COc1ccc(-c2c/c(=N\Nc3ccc4ccccc4n3)c3cc(Cl)c(C)cc3o2)cc1OC. The van der Waals surface area contributed by atoms with Gasteiger partial charge in [-0.15, -0.1) is 0 Å². The summed E-state index contributed by atoms with van der Waals surface area (Å²) in [5.41, 5.74) is 6.38. The fraction of sp³-hybridized carbons (Fsp3) is 0.111. The van der Waals surface area contributed by atoms with E-state index in [1.807, 2.05) is 79.7 Å². The van der Waals surface area contributed by atoms with Gasteiger partial charge in [-0.05, 0) is 61.0 Å². The number of methoxy groups -OCH3 is 2. The molecule has 34 heavy (non-hydrogen) atoms. The molecule has 0 aliphatic carbocycles. The molecule has 0 aliphatic heterocycles. The molecule has 0 aliphatic rings. The van der Waals surface area contributed by atoms with Crippen LogP contribution >= 0.6 is 11.6 Å². The molecule has 0 radical (unpaired) electrons. The van der Waals surface area contributed by atoms with Gasteiger partial charge in [-0.2, -0.15) is 5.10 Å². The lowest BCUT2D eigenvalue weighted by Crippen LogP contribution is -2.08. The van der Waals surface area contributed by atoms with Crippen LogP contribution in [0, 0.1) is 6.92 Å². The maximum atomic E-state index is 6.43. The Morgan fingerprint density at radius 3 is 2.56 bits per heavy atom. The topological polar surface area (TPSA) is 68.9 Å². The second-order valence-electron chi connectivity index (χ2n) is 7.78. The molecule has 6 nitrogen and oxygen atoms in total. The predicted molar refractivity (Wildman–Crippen MR) is 135 cm³/mol. The lowest BCUT2D eigenvalue weighted by molar-refractivity contribution is 0.355. The molecule has 2 aromatic heterocycles. The van der Waals surface area contributed by atoms with Gasteiger partial charge < -0.3 is 13.9 Å². The first-order valence-corrected chi connectivity index (χ1v) is 11.1. The lowest BCUT2D eigenvalue weighted by atomic mass is 10.1. The molecule has 5 rings (SSSR count). The zero-order valence-corrected chi connectivity index (χ0v) is 19.7. The largest absolute Gasteiger partial charge is 0.493 e. The summed E-state index contributed by atoms with van der Waals surface area (Å²) in [6.07, 6.45) is 0. The van der Waals surface area contributed by atoms with Crippen molar-refractivity contribution in [3.8, 4) is 22.8 Å². The van der Waals surface area contributed by atoms with E-state index in [4.69, 9.17) is 25.5 Å². The van der Waals surface area contributed by atoms with Crippen molar-refractivity contribution in [2.75, 3.05) is 19.6 Å². The van der Waals surface area contributed by atoms with Gasteiger partial charge in [0, 0.05) is 27.4 Å². The van der Waals surface area contributed by atoms with Gasteiger partial charge in [0.2, 0.25) is 0 Å². The molecule has 2 heterocycles. The summed E-state index contributed by atoms with van der Waals surface area (Å²) in [6, 6.07) is 23.1. The fourth-order valence-corrected chi connectivity index (χ4v) is 3.92. The Labute approximate surface area is 201 Å². The van der Waals surface area contributed by atoms with E-state index in [1.54, 1.807) is 14.2 Å². The number of halogens is 1. The Kier molecular flexibility index (Phi) is 5.82. The highest BCUT2D eigenvalue weighted by Gasteiger charge is 2.12. The minimum atomic E-state index is 0.611. The van der Waals surface area contributed by atoms with Crippen LogP contribution in [0.2, 0.25) is 5.02 Å². The van der Waals surface area contributed by atoms with E-state index >= 15 is 0 Å². The number of nitrogens with zero attached hydrogens (tertiary/aromatic N) is 2. The summed E-state index contributed by atoms with van der Waals surface area (Å²) in [4.78, 5) is 4.64. The molecule has 1 N–H and O–H groups in total. The number of benzene rings is 3. The van der Waals surface area contributed by atoms with Crippen LogP contribution in [0.5, 0.6) is 11.5 Å². The second kappa shape index (κ2) is 9.08. The van der Waals surface area contributed by atoms with Gasteiger partial charge in [-0.25, -0.2) is 4.98 Å². The molecule has 0 saturated carbocycles. The standard InChI is InChI=1S/C27H22ClN3O3/c1-16-12-25-19(14-20(16)28)22(30-31-27-11-9-17-6-4-5-7-21(17)29-27)15-24(34-25)18-8-10-23(32-2)26(13-18)33-3/h4-15H,1-3H3,(H,29,31)/b30-22+. The Morgan fingerprint density at radius 2 is 1.74 bits per heavy atom. The summed E-state index contributed by atoms with van der Waals surface area (Å²) in [7, 11) is 3.21. The van der Waals surface area contributed by atoms with Gasteiger partial charge in [-0.3, -0.25) is 5.43 Å². The van der Waals surface area contributed by atoms with Crippen LogP contribution in [0.4, 0.5) is 5.82 Å². The highest BCUT2D eigenvalue weighted by atomic mass is 35.5. The summed E-state index contributed by atoms with van der Waals surface area (Å²) in [5.74, 6) is 2.52. The zero-order valence-electron chi connectivity index (χ0n) is 18.9. The van der Waals surface area contributed by atoms with Crippen molar-refractivity contribution in [3.05, 3.63) is 88.7 Å². The van der Waals surface area contributed by atoms with E-state index in [2.05, 4.69) is 15.5 Å². The van der Waals surface area contributed by atoms with Crippen LogP contribution in [0.1, 0.15) is 5.56 Å². The molecule has 0 fully saturated rings. The quantitative estimate of drug-likeness (QED) is 0.294. The molecule has 0 bridgehead atoms. The van der Waals surface area contributed by atoms with Gasteiger partial charge in [0.05, 0.1) is 25.1 Å². The first-order chi connectivity index (χ1) is 16.6. The highest BCUT2D eigenvalue weighted by Crippen LogP contribution is 2.33. The average molecular weight is 472 g/mol. The number of anilines is 1. The van der Waals surface area contributed by atoms with Crippen LogP contribution < -0.4 is 20.3 Å². The number of para-hydroxylation sites is 1. The van der Waals surface area contributed by atoms with Crippen LogP contribution in [0.15, 0.2) is 82.3 Å². The van der Waals surface area contributed by atoms with Crippen LogP contribution in [0.25, 0.3) is 33.2 Å². The van der Waals surface area contributed by atoms with Crippen LogP contribution in [-0.2, 0) is 0 Å². The number of fused-ring (bicyclic) bond motifs is 2. The van der Waals surface area contributed by atoms with E-state index in [1.165, 1.54) is 0 Å². The van der Waals surface area contributed by atoms with Gasteiger partial charge in [0.15, 0.2) is 11.5 Å². The number of hydrogen-bond acceptors (Lipinski definition) is 6. The van der Waals surface area contributed by atoms with Gasteiger partial charge >= 0.3 is 0 Å². The molecule has 0 saturated heterocycles. The first-order valence-electron chi connectivity index (χ1n) is 10.7. The van der Waals surface area contributed by atoms with Crippen molar-refractivity contribution >= 4 is 39.3 Å². The normalized spacial score (nSPS) is 11.7. The summed E-state index contributed by atoms with van der Waals surface area (Å²) >= 11 is 6.43. The van der Waals surface area contributed by atoms with Crippen molar-refractivity contribution in [1.82, 2.24) is 4.98 Å². The third-order valence-electron chi connectivity index (χ3n) is 5.58. The number of aromatic nitrogens is 1. The maximum Gasteiger partial charge on any atom is 0.161 e. The second-order valence-corrected chi connectivity index (χ2v) is 8.18. The Balaban J connectivity index is 1.65. The predicted octanol–water partition coefficient (Wildman–Crippen LogP) is 6.55. The van der Waals surface area contributed by atoms with Crippen molar-refractivity contribution < 1.29 is 13.9 Å². The molecule has 3 aromatic carbocycles.